The molecular weight excluding hydrogens is 230 g/mol. The van der Waals surface area contributed by atoms with Crippen molar-refractivity contribution < 1.29 is 9.47 Å². The van der Waals surface area contributed by atoms with E-state index in [1.54, 1.807) is 14.2 Å². The van der Waals surface area contributed by atoms with Crippen molar-refractivity contribution in [2.24, 2.45) is 0 Å². The van der Waals surface area contributed by atoms with Gasteiger partial charge < -0.3 is 14.8 Å². The van der Waals surface area contributed by atoms with Gasteiger partial charge in [0.15, 0.2) is 6.29 Å². The van der Waals surface area contributed by atoms with Crippen molar-refractivity contribution in [3.63, 3.8) is 0 Å². The Morgan fingerprint density at radius 2 is 2.06 bits per heavy atom. The van der Waals surface area contributed by atoms with Gasteiger partial charge in [-0.05, 0) is 26.5 Å². The summed E-state index contributed by atoms with van der Waals surface area (Å²) >= 11 is 0. The smallest absolute Gasteiger partial charge is 0.172 e. The first-order valence-electron chi connectivity index (χ1n) is 6.43. The first-order valence-corrected chi connectivity index (χ1v) is 6.43. The Morgan fingerprint density at radius 1 is 1.39 bits per heavy atom. The highest BCUT2D eigenvalue weighted by Gasteiger charge is 2.20. The van der Waals surface area contributed by atoms with E-state index in [1.807, 2.05) is 17.9 Å². The van der Waals surface area contributed by atoms with E-state index in [1.165, 1.54) is 0 Å². The predicted molar refractivity (Wildman–Crippen MR) is 71.6 cm³/mol. The molecule has 0 fully saturated rings. The van der Waals surface area contributed by atoms with Gasteiger partial charge in [-0.15, -0.1) is 0 Å². The molecule has 2 unspecified atom stereocenters. The van der Waals surface area contributed by atoms with Crippen molar-refractivity contribution in [2.45, 2.75) is 45.1 Å². The van der Waals surface area contributed by atoms with Crippen molar-refractivity contribution in [2.75, 3.05) is 21.3 Å². The summed E-state index contributed by atoms with van der Waals surface area (Å²) < 4.78 is 12.6. The van der Waals surface area contributed by atoms with Crippen LogP contribution in [0.4, 0.5) is 0 Å². The summed E-state index contributed by atoms with van der Waals surface area (Å²) in [4.78, 5) is 0. The quantitative estimate of drug-likeness (QED) is 0.717. The van der Waals surface area contributed by atoms with Crippen LogP contribution in [0.25, 0.3) is 0 Å². The SMILES string of the molecule is CCC(C)n1ccc(CC(NC)C(OC)OC)n1. The minimum absolute atomic E-state index is 0.0975. The van der Waals surface area contributed by atoms with E-state index in [0.717, 1.165) is 18.5 Å². The van der Waals surface area contributed by atoms with Gasteiger partial charge in [0.2, 0.25) is 0 Å². The zero-order valence-electron chi connectivity index (χ0n) is 12.0. The average molecular weight is 255 g/mol. The van der Waals surface area contributed by atoms with Gasteiger partial charge in [0, 0.05) is 32.9 Å². The van der Waals surface area contributed by atoms with Crippen LogP contribution in [0.3, 0.4) is 0 Å². The lowest BCUT2D eigenvalue weighted by atomic mass is 10.1. The number of methoxy groups -OCH3 is 2. The number of rotatable bonds is 8. The van der Waals surface area contributed by atoms with Crippen molar-refractivity contribution in [1.82, 2.24) is 15.1 Å². The average Bonchev–Trinajstić information content (AvgIpc) is 2.86. The Labute approximate surface area is 109 Å². The van der Waals surface area contributed by atoms with E-state index in [-0.39, 0.29) is 12.3 Å². The Bertz CT molecular complexity index is 337. The summed E-state index contributed by atoms with van der Waals surface area (Å²) in [5.41, 5.74) is 1.05. The molecule has 2 atom stereocenters. The number of likely N-dealkylation sites (N-methyl/N-ethyl adjacent to an activating group) is 1. The highest BCUT2D eigenvalue weighted by atomic mass is 16.7. The molecule has 0 spiro atoms. The lowest BCUT2D eigenvalue weighted by Crippen LogP contribution is -2.41. The van der Waals surface area contributed by atoms with Crippen molar-refractivity contribution in [3.8, 4) is 0 Å². The van der Waals surface area contributed by atoms with Crippen LogP contribution < -0.4 is 5.32 Å². The van der Waals surface area contributed by atoms with Crippen LogP contribution in [0, 0.1) is 0 Å². The Kier molecular flexibility index (Phi) is 6.32. The van der Waals surface area contributed by atoms with Crippen LogP contribution in [0.5, 0.6) is 0 Å². The van der Waals surface area contributed by atoms with Gasteiger partial charge in [-0.2, -0.15) is 5.10 Å². The molecular formula is C13H25N3O2. The molecule has 0 saturated carbocycles. The van der Waals surface area contributed by atoms with E-state index in [4.69, 9.17) is 9.47 Å². The molecule has 18 heavy (non-hydrogen) atoms. The number of ether oxygens (including phenoxy) is 2. The molecule has 0 bridgehead atoms. The molecule has 1 rings (SSSR count). The van der Waals surface area contributed by atoms with Crippen LogP contribution in [-0.4, -0.2) is 43.4 Å². The minimum atomic E-state index is -0.260. The lowest BCUT2D eigenvalue weighted by molar-refractivity contribution is -0.121. The maximum absolute atomic E-state index is 5.28. The van der Waals surface area contributed by atoms with Gasteiger partial charge >= 0.3 is 0 Å². The molecule has 0 aliphatic carbocycles. The van der Waals surface area contributed by atoms with E-state index in [9.17, 15) is 0 Å². The fourth-order valence-electron chi connectivity index (χ4n) is 1.90. The van der Waals surface area contributed by atoms with Gasteiger partial charge in [0.05, 0.1) is 11.7 Å². The zero-order chi connectivity index (χ0) is 13.5. The van der Waals surface area contributed by atoms with E-state index in [2.05, 4.69) is 30.3 Å². The largest absolute Gasteiger partial charge is 0.354 e. The standard InChI is InChI=1S/C13H25N3O2/c1-6-10(2)16-8-7-11(15-16)9-12(14-3)13(17-4)18-5/h7-8,10,12-14H,6,9H2,1-5H3. The number of hydrogen-bond acceptors (Lipinski definition) is 4. The molecule has 1 heterocycles. The van der Waals surface area contributed by atoms with E-state index in [0.29, 0.717) is 6.04 Å². The molecule has 0 radical (unpaired) electrons. The van der Waals surface area contributed by atoms with Crippen LogP contribution in [0.15, 0.2) is 12.3 Å². The van der Waals surface area contributed by atoms with Crippen LogP contribution in [0.2, 0.25) is 0 Å². The maximum Gasteiger partial charge on any atom is 0.172 e. The van der Waals surface area contributed by atoms with Gasteiger partial charge in [-0.1, -0.05) is 6.92 Å². The summed E-state index contributed by atoms with van der Waals surface area (Å²) in [6, 6.07) is 2.59. The second-order valence-electron chi connectivity index (χ2n) is 4.48. The molecule has 1 N–H and O–H groups in total. The van der Waals surface area contributed by atoms with Gasteiger partial charge in [0.25, 0.3) is 0 Å². The number of hydrogen-bond donors (Lipinski definition) is 1. The molecule has 0 aromatic carbocycles. The molecule has 1 aromatic rings. The van der Waals surface area contributed by atoms with E-state index >= 15 is 0 Å². The normalized spacial score (nSPS) is 15.0. The molecule has 1 aromatic heterocycles. The number of nitrogens with one attached hydrogen (secondary N) is 1. The van der Waals surface area contributed by atoms with E-state index < -0.39 is 0 Å². The number of nitrogens with zero attached hydrogens (tertiary/aromatic N) is 2. The molecule has 0 aliphatic rings. The fraction of sp³-hybridized carbons (Fsp3) is 0.769. The van der Waals surface area contributed by atoms with Gasteiger partial charge in [0.1, 0.15) is 0 Å². The molecule has 104 valence electrons. The summed E-state index contributed by atoms with van der Waals surface area (Å²) in [5, 5.41) is 7.79. The van der Waals surface area contributed by atoms with Gasteiger partial charge in [-0.25, -0.2) is 0 Å². The van der Waals surface area contributed by atoms with Crippen molar-refractivity contribution in [1.29, 1.82) is 0 Å². The van der Waals surface area contributed by atoms with Crippen LogP contribution in [0.1, 0.15) is 32.0 Å². The monoisotopic (exact) mass is 255 g/mol. The Morgan fingerprint density at radius 3 is 2.56 bits per heavy atom. The third kappa shape index (κ3) is 3.80. The first kappa shape index (κ1) is 15.1. The minimum Gasteiger partial charge on any atom is -0.354 e. The Hall–Kier alpha value is -0.910. The summed E-state index contributed by atoms with van der Waals surface area (Å²) in [6.45, 7) is 4.33. The third-order valence-electron chi connectivity index (χ3n) is 3.30. The highest BCUT2D eigenvalue weighted by Crippen LogP contribution is 2.12. The molecule has 0 aliphatic heterocycles. The summed E-state index contributed by atoms with van der Waals surface area (Å²) in [7, 11) is 5.20. The first-order chi connectivity index (χ1) is 8.65. The van der Waals surface area contributed by atoms with Gasteiger partial charge in [-0.3, -0.25) is 4.68 Å². The molecule has 0 saturated heterocycles. The second-order valence-corrected chi connectivity index (χ2v) is 4.48. The van der Waals surface area contributed by atoms with Crippen molar-refractivity contribution in [3.05, 3.63) is 18.0 Å². The highest BCUT2D eigenvalue weighted by molar-refractivity contribution is 5.02. The molecule has 5 nitrogen and oxygen atoms in total. The lowest BCUT2D eigenvalue weighted by Gasteiger charge is -2.23. The third-order valence-corrected chi connectivity index (χ3v) is 3.30. The molecule has 0 amide bonds. The number of aromatic nitrogens is 2. The maximum atomic E-state index is 5.28. The van der Waals surface area contributed by atoms with Crippen LogP contribution in [-0.2, 0) is 15.9 Å². The Balaban J connectivity index is 2.67. The zero-order valence-corrected chi connectivity index (χ0v) is 12.0. The topological polar surface area (TPSA) is 48.3 Å². The van der Waals surface area contributed by atoms with Crippen LogP contribution >= 0.6 is 0 Å². The van der Waals surface area contributed by atoms with Crippen molar-refractivity contribution >= 4 is 0 Å². The fourth-order valence-corrected chi connectivity index (χ4v) is 1.90. The summed E-state index contributed by atoms with van der Waals surface area (Å²) in [5.74, 6) is 0. The molecule has 5 heteroatoms. The summed E-state index contributed by atoms with van der Waals surface area (Å²) in [6.07, 6.45) is 3.63. The predicted octanol–water partition coefficient (Wildman–Crippen LogP) is 1.60. The second kappa shape index (κ2) is 7.51.